The zero-order chi connectivity index (χ0) is 16.1. The van der Waals surface area contributed by atoms with E-state index in [9.17, 15) is 4.79 Å². The molecule has 118 valence electrons. The minimum absolute atomic E-state index is 0.0442. The van der Waals surface area contributed by atoms with Crippen molar-refractivity contribution in [2.24, 2.45) is 4.99 Å². The molecule has 1 aliphatic rings. The molecule has 0 aliphatic heterocycles. The first-order valence-corrected chi connectivity index (χ1v) is 8.05. The lowest BCUT2D eigenvalue weighted by atomic mass is 10.1. The largest absolute Gasteiger partial charge is 0.310 e. The van der Waals surface area contributed by atoms with E-state index < -0.39 is 0 Å². The van der Waals surface area contributed by atoms with Crippen LogP contribution in [0.4, 0.5) is 5.69 Å². The zero-order valence-corrected chi connectivity index (χ0v) is 13.4. The lowest BCUT2D eigenvalue weighted by Crippen LogP contribution is -2.26. The molecule has 0 spiro atoms. The van der Waals surface area contributed by atoms with Crippen molar-refractivity contribution < 1.29 is 4.79 Å². The third-order valence-electron chi connectivity index (χ3n) is 4.25. The summed E-state index contributed by atoms with van der Waals surface area (Å²) in [4.78, 5) is 22.8. The fourth-order valence-electron chi connectivity index (χ4n) is 2.82. The summed E-state index contributed by atoms with van der Waals surface area (Å²) < 4.78 is 0. The smallest absolute Gasteiger partial charge is 0.258 e. The number of rotatable bonds is 4. The number of hydrogen-bond donors (Lipinski definition) is 0. The van der Waals surface area contributed by atoms with E-state index in [-0.39, 0.29) is 5.91 Å². The Labute approximate surface area is 136 Å². The van der Waals surface area contributed by atoms with Gasteiger partial charge in [-0.15, -0.1) is 0 Å². The van der Waals surface area contributed by atoms with Gasteiger partial charge in [-0.3, -0.25) is 14.8 Å². The van der Waals surface area contributed by atoms with Gasteiger partial charge in [0.1, 0.15) is 0 Å². The van der Waals surface area contributed by atoms with Gasteiger partial charge in [-0.1, -0.05) is 25.0 Å². The molecule has 1 fully saturated rings. The van der Waals surface area contributed by atoms with E-state index in [0.29, 0.717) is 11.6 Å². The third-order valence-corrected chi connectivity index (χ3v) is 4.25. The minimum Gasteiger partial charge on any atom is -0.310 e. The zero-order valence-electron chi connectivity index (χ0n) is 13.4. The van der Waals surface area contributed by atoms with Crippen LogP contribution in [0.5, 0.6) is 0 Å². The minimum atomic E-state index is -0.0442. The summed E-state index contributed by atoms with van der Waals surface area (Å²) in [6, 6.07) is 11.8. The van der Waals surface area contributed by atoms with Gasteiger partial charge in [0.15, 0.2) is 0 Å². The van der Waals surface area contributed by atoms with Gasteiger partial charge >= 0.3 is 0 Å². The van der Waals surface area contributed by atoms with E-state index in [4.69, 9.17) is 0 Å². The Bertz CT molecular complexity index is 674. The highest BCUT2D eigenvalue weighted by Crippen LogP contribution is 2.21. The fourth-order valence-corrected chi connectivity index (χ4v) is 2.82. The van der Waals surface area contributed by atoms with Crippen LogP contribution in [0.3, 0.4) is 0 Å². The van der Waals surface area contributed by atoms with Gasteiger partial charge in [-0.05, 0) is 42.7 Å². The van der Waals surface area contributed by atoms with Crippen LogP contribution in [0, 0.1) is 0 Å². The van der Waals surface area contributed by atoms with Crippen LogP contribution in [0.15, 0.2) is 53.8 Å². The molecule has 0 unspecified atom stereocenters. The topological polar surface area (TPSA) is 45.6 Å². The molecular weight excluding hydrogens is 286 g/mol. The third kappa shape index (κ3) is 3.83. The predicted molar refractivity (Wildman–Crippen MR) is 93.3 cm³/mol. The van der Waals surface area contributed by atoms with Crippen LogP contribution in [0.1, 0.15) is 41.6 Å². The average Bonchev–Trinajstić information content (AvgIpc) is 3.13. The second kappa shape index (κ2) is 7.18. The van der Waals surface area contributed by atoms with Crippen molar-refractivity contribution in [1.29, 1.82) is 0 Å². The summed E-state index contributed by atoms with van der Waals surface area (Å²) in [6.45, 7) is 0. The highest BCUT2D eigenvalue weighted by atomic mass is 16.2. The lowest BCUT2D eigenvalue weighted by Gasteiger charge is -2.16. The monoisotopic (exact) mass is 307 g/mol. The molecule has 1 saturated carbocycles. The van der Waals surface area contributed by atoms with Crippen LogP contribution in [-0.4, -0.2) is 30.2 Å². The molecule has 3 rings (SSSR count). The van der Waals surface area contributed by atoms with Gasteiger partial charge in [0.25, 0.3) is 5.91 Å². The number of nitrogens with zero attached hydrogens (tertiary/aromatic N) is 3. The maximum atomic E-state index is 12.5. The summed E-state index contributed by atoms with van der Waals surface area (Å²) in [6.07, 6.45) is 10.3. The number of carbonyl (C=O) groups excluding carboxylic acids is 1. The lowest BCUT2D eigenvalue weighted by molar-refractivity contribution is 0.0993. The number of pyridine rings is 1. The maximum absolute atomic E-state index is 12.5. The molecule has 0 atom stereocenters. The number of benzene rings is 1. The van der Waals surface area contributed by atoms with Crippen LogP contribution in [0.25, 0.3) is 0 Å². The van der Waals surface area contributed by atoms with Gasteiger partial charge in [-0.2, -0.15) is 0 Å². The maximum Gasteiger partial charge on any atom is 0.258 e. The highest BCUT2D eigenvalue weighted by molar-refractivity contribution is 6.05. The summed E-state index contributed by atoms with van der Waals surface area (Å²) in [5.41, 5.74) is 2.48. The van der Waals surface area contributed by atoms with Crippen molar-refractivity contribution in [1.82, 2.24) is 4.98 Å². The highest BCUT2D eigenvalue weighted by Gasteiger charge is 2.14. The van der Waals surface area contributed by atoms with Crippen molar-refractivity contribution in [2.45, 2.75) is 31.7 Å². The van der Waals surface area contributed by atoms with Crippen molar-refractivity contribution in [3.8, 4) is 0 Å². The Morgan fingerprint density at radius 3 is 2.61 bits per heavy atom. The quantitative estimate of drug-likeness (QED) is 0.808. The fraction of sp³-hybridized carbons (Fsp3) is 0.316. The van der Waals surface area contributed by atoms with E-state index in [1.165, 1.54) is 25.7 Å². The number of amides is 1. The first-order chi connectivity index (χ1) is 11.2. The number of anilines is 1. The van der Waals surface area contributed by atoms with Crippen molar-refractivity contribution in [3.63, 3.8) is 0 Å². The van der Waals surface area contributed by atoms with Crippen LogP contribution < -0.4 is 4.90 Å². The Kier molecular flexibility index (Phi) is 4.81. The van der Waals surface area contributed by atoms with Crippen molar-refractivity contribution in [2.75, 3.05) is 11.9 Å². The SMILES string of the molecule is CN(C(=O)c1ccc(C=NC2CCCC2)cc1)c1cccnc1. The van der Waals surface area contributed by atoms with Crippen molar-refractivity contribution in [3.05, 3.63) is 59.9 Å². The molecule has 1 heterocycles. The molecule has 0 saturated heterocycles. The summed E-state index contributed by atoms with van der Waals surface area (Å²) in [5.74, 6) is -0.0442. The summed E-state index contributed by atoms with van der Waals surface area (Å²) >= 11 is 0. The molecule has 1 aliphatic carbocycles. The number of hydrogen-bond acceptors (Lipinski definition) is 3. The van der Waals surface area contributed by atoms with E-state index in [1.54, 1.807) is 24.3 Å². The van der Waals surface area contributed by atoms with Gasteiger partial charge < -0.3 is 4.90 Å². The van der Waals surface area contributed by atoms with Gasteiger partial charge in [0.2, 0.25) is 0 Å². The summed E-state index contributed by atoms with van der Waals surface area (Å²) in [7, 11) is 1.76. The van der Waals surface area contributed by atoms with E-state index >= 15 is 0 Å². The molecule has 1 aromatic carbocycles. The van der Waals surface area contributed by atoms with Gasteiger partial charge in [-0.25, -0.2) is 0 Å². The number of aromatic nitrogens is 1. The molecule has 0 bridgehead atoms. The molecule has 23 heavy (non-hydrogen) atoms. The Balaban J connectivity index is 1.67. The van der Waals surface area contributed by atoms with Crippen molar-refractivity contribution >= 4 is 17.8 Å². The van der Waals surface area contributed by atoms with Crippen LogP contribution >= 0.6 is 0 Å². The normalized spacial score (nSPS) is 15.2. The summed E-state index contributed by atoms with van der Waals surface area (Å²) in [5, 5.41) is 0. The first kappa shape index (κ1) is 15.4. The van der Waals surface area contributed by atoms with E-state index in [0.717, 1.165) is 11.3 Å². The predicted octanol–water partition coefficient (Wildman–Crippen LogP) is 3.72. The van der Waals surface area contributed by atoms with Gasteiger partial charge in [0.05, 0.1) is 11.9 Å². The molecule has 1 amide bonds. The molecular formula is C19H21N3O. The second-order valence-electron chi connectivity index (χ2n) is 5.91. The van der Waals surface area contributed by atoms with E-state index in [2.05, 4.69) is 9.98 Å². The Morgan fingerprint density at radius 1 is 1.22 bits per heavy atom. The molecule has 0 radical (unpaired) electrons. The van der Waals surface area contributed by atoms with Crippen LogP contribution in [-0.2, 0) is 0 Å². The van der Waals surface area contributed by atoms with E-state index in [1.807, 2.05) is 42.6 Å². The molecule has 0 N–H and O–H groups in total. The standard InChI is InChI=1S/C19H21N3O/c1-22(18-7-4-12-20-14-18)19(23)16-10-8-15(9-11-16)13-21-17-5-2-3-6-17/h4,7-14,17H,2-3,5-6H2,1H3. The average molecular weight is 307 g/mol. The van der Waals surface area contributed by atoms with Gasteiger partial charge in [0, 0.05) is 31.1 Å². The van der Waals surface area contributed by atoms with Crippen LogP contribution in [0.2, 0.25) is 0 Å². The Morgan fingerprint density at radius 2 is 1.96 bits per heavy atom. The molecule has 1 aromatic heterocycles. The number of aliphatic imine (C=N–C) groups is 1. The second-order valence-corrected chi connectivity index (χ2v) is 5.91. The Hall–Kier alpha value is -2.49. The molecule has 4 heteroatoms. The molecule has 2 aromatic rings. The first-order valence-electron chi connectivity index (χ1n) is 8.05. The number of carbonyl (C=O) groups is 1. The molecule has 4 nitrogen and oxygen atoms in total.